The maximum atomic E-state index is 9.82. The summed E-state index contributed by atoms with van der Waals surface area (Å²) in [5.74, 6) is 0. The zero-order valence-corrected chi connectivity index (χ0v) is 14.5. The van der Waals surface area contributed by atoms with Crippen molar-refractivity contribution in [2.45, 2.75) is 70.5 Å². The summed E-state index contributed by atoms with van der Waals surface area (Å²) >= 11 is 0. The lowest BCUT2D eigenvalue weighted by Gasteiger charge is -2.44. The van der Waals surface area contributed by atoms with Gasteiger partial charge in [0, 0.05) is 43.3 Å². The molecule has 1 heterocycles. The van der Waals surface area contributed by atoms with E-state index in [1.807, 2.05) is 0 Å². The lowest BCUT2D eigenvalue weighted by Crippen LogP contribution is -2.56. The molecule has 2 fully saturated rings. The topological polar surface area (TPSA) is 38.7 Å². The van der Waals surface area contributed by atoms with E-state index in [2.05, 4.69) is 42.8 Å². The van der Waals surface area contributed by atoms with Crippen LogP contribution >= 0.6 is 0 Å². The molecule has 1 aliphatic carbocycles. The van der Waals surface area contributed by atoms with Crippen LogP contribution in [0.25, 0.3) is 0 Å². The van der Waals surface area contributed by atoms with Crippen LogP contribution in [0.3, 0.4) is 0 Å². The first-order valence-electron chi connectivity index (χ1n) is 8.75. The Bertz CT molecular complexity index is 320. The number of piperazine rings is 1. The summed E-state index contributed by atoms with van der Waals surface area (Å²) < 4.78 is 0. The molecule has 2 atom stereocenters. The number of rotatable bonds is 5. The van der Waals surface area contributed by atoms with Gasteiger partial charge in [0.1, 0.15) is 0 Å². The average Bonchev–Trinajstić information content (AvgIpc) is 2.89. The van der Waals surface area contributed by atoms with Crippen LogP contribution < -0.4 is 5.32 Å². The smallest absolute Gasteiger partial charge is 0.0613 e. The van der Waals surface area contributed by atoms with Gasteiger partial charge < -0.3 is 10.4 Å². The molecule has 2 aliphatic rings. The van der Waals surface area contributed by atoms with Gasteiger partial charge in [-0.05, 0) is 53.0 Å². The van der Waals surface area contributed by atoms with Crippen LogP contribution in [0, 0.1) is 0 Å². The van der Waals surface area contributed by atoms with Gasteiger partial charge in [-0.3, -0.25) is 9.80 Å². The van der Waals surface area contributed by atoms with Gasteiger partial charge in [0.2, 0.25) is 0 Å². The first-order chi connectivity index (χ1) is 9.90. The zero-order chi connectivity index (χ0) is 15.5. The van der Waals surface area contributed by atoms with Crippen molar-refractivity contribution in [3.8, 4) is 0 Å². The van der Waals surface area contributed by atoms with Crippen molar-refractivity contribution in [2.24, 2.45) is 0 Å². The summed E-state index contributed by atoms with van der Waals surface area (Å²) in [5, 5.41) is 13.4. The summed E-state index contributed by atoms with van der Waals surface area (Å²) in [5.41, 5.74) is 0.279. The molecular weight excluding hydrogens is 262 g/mol. The largest absolute Gasteiger partial charge is 0.394 e. The second kappa shape index (κ2) is 6.95. The first kappa shape index (κ1) is 17.2. The Kier molecular flexibility index (Phi) is 5.69. The zero-order valence-electron chi connectivity index (χ0n) is 14.5. The van der Waals surface area contributed by atoms with Crippen LogP contribution in [0.15, 0.2) is 0 Å². The minimum atomic E-state index is -0.0121. The molecule has 0 bridgehead atoms. The van der Waals surface area contributed by atoms with Crippen LogP contribution in [0.1, 0.15) is 53.4 Å². The monoisotopic (exact) mass is 297 g/mol. The molecule has 1 saturated heterocycles. The summed E-state index contributed by atoms with van der Waals surface area (Å²) in [6, 6.07) is 0.656. The summed E-state index contributed by atoms with van der Waals surface area (Å²) in [6.45, 7) is 15.1. The second-order valence-corrected chi connectivity index (χ2v) is 7.96. The van der Waals surface area contributed by atoms with Crippen LogP contribution in [0.5, 0.6) is 0 Å². The van der Waals surface area contributed by atoms with E-state index in [9.17, 15) is 5.11 Å². The third kappa shape index (κ3) is 4.19. The van der Waals surface area contributed by atoms with E-state index in [-0.39, 0.29) is 12.1 Å². The van der Waals surface area contributed by atoms with E-state index >= 15 is 0 Å². The molecule has 2 unspecified atom stereocenters. The molecule has 4 nitrogen and oxygen atoms in total. The maximum Gasteiger partial charge on any atom is 0.0613 e. The lowest BCUT2D eigenvalue weighted by molar-refractivity contribution is 0.0399. The molecule has 0 amide bonds. The molecule has 21 heavy (non-hydrogen) atoms. The van der Waals surface area contributed by atoms with E-state index in [0.717, 1.165) is 25.8 Å². The summed E-state index contributed by atoms with van der Waals surface area (Å²) in [7, 11) is 0. The first-order valence-corrected chi connectivity index (χ1v) is 8.75. The fourth-order valence-electron chi connectivity index (χ4n) is 3.92. The van der Waals surface area contributed by atoms with E-state index in [1.54, 1.807) is 0 Å². The Morgan fingerprint density at radius 3 is 2.38 bits per heavy atom. The van der Waals surface area contributed by atoms with Crippen LogP contribution in [-0.2, 0) is 0 Å². The number of hydrogen-bond donors (Lipinski definition) is 2. The highest BCUT2D eigenvalue weighted by atomic mass is 16.3. The molecule has 0 spiro atoms. The molecule has 0 aromatic rings. The van der Waals surface area contributed by atoms with E-state index in [4.69, 9.17) is 0 Å². The molecule has 124 valence electrons. The molecule has 1 aliphatic heterocycles. The van der Waals surface area contributed by atoms with Gasteiger partial charge >= 0.3 is 0 Å². The standard InChI is InChI=1S/C17H35N3O/c1-5-8-18-17(14-21)7-6-15(13-17)19-9-11-20(12-10-19)16(2,3)4/h15,18,21H,5-14H2,1-4H3. The Morgan fingerprint density at radius 1 is 1.19 bits per heavy atom. The Morgan fingerprint density at radius 2 is 1.86 bits per heavy atom. The molecule has 0 aromatic heterocycles. The van der Waals surface area contributed by atoms with Gasteiger partial charge in [0.15, 0.2) is 0 Å². The highest BCUT2D eigenvalue weighted by Gasteiger charge is 2.41. The quantitative estimate of drug-likeness (QED) is 0.810. The van der Waals surface area contributed by atoms with Crippen molar-refractivity contribution in [3.05, 3.63) is 0 Å². The van der Waals surface area contributed by atoms with E-state index in [0.29, 0.717) is 11.6 Å². The molecule has 0 aromatic carbocycles. The molecule has 4 heteroatoms. The van der Waals surface area contributed by atoms with Gasteiger partial charge in [-0.15, -0.1) is 0 Å². The Hall–Kier alpha value is -0.160. The predicted octanol–water partition coefficient (Wildman–Crippen LogP) is 1.69. The summed E-state index contributed by atoms with van der Waals surface area (Å²) in [4.78, 5) is 5.25. The SMILES string of the molecule is CCCNC1(CO)CCC(N2CCN(C(C)(C)C)CC2)C1. The van der Waals surface area contributed by atoms with Gasteiger partial charge in [0.05, 0.1) is 6.61 Å². The molecule has 1 saturated carbocycles. The average molecular weight is 297 g/mol. The maximum absolute atomic E-state index is 9.82. The minimum Gasteiger partial charge on any atom is -0.394 e. The molecule has 0 radical (unpaired) electrons. The number of aliphatic hydroxyl groups is 1. The van der Waals surface area contributed by atoms with Gasteiger partial charge in [-0.1, -0.05) is 6.92 Å². The Labute approximate surface area is 130 Å². The van der Waals surface area contributed by atoms with Crippen molar-refractivity contribution in [1.82, 2.24) is 15.1 Å². The highest BCUT2D eigenvalue weighted by molar-refractivity contribution is 5.00. The fraction of sp³-hybridized carbons (Fsp3) is 1.00. The Balaban J connectivity index is 1.85. The lowest BCUT2D eigenvalue weighted by atomic mass is 9.97. The third-order valence-corrected chi connectivity index (χ3v) is 5.41. The normalized spacial score (nSPS) is 32.7. The highest BCUT2D eigenvalue weighted by Crippen LogP contribution is 2.33. The number of nitrogens with zero attached hydrogens (tertiary/aromatic N) is 2. The van der Waals surface area contributed by atoms with E-state index in [1.165, 1.54) is 32.6 Å². The third-order valence-electron chi connectivity index (χ3n) is 5.41. The van der Waals surface area contributed by atoms with Crippen molar-refractivity contribution >= 4 is 0 Å². The van der Waals surface area contributed by atoms with Crippen molar-refractivity contribution in [1.29, 1.82) is 0 Å². The number of aliphatic hydroxyl groups excluding tert-OH is 1. The van der Waals surface area contributed by atoms with Gasteiger partial charge in [0.25, 0.3) is 0 Å². The molecule has 2 rings (SSSR count). The van der Waals surface area contributed by atoms with Crippen LogP contribution in [0.2, 0.25) is 0 Å². The van der Waals surface area contributed by atoms with Crippen molar-refractivity contribution in [2.75, 3.05) is 39.3 Å². The number of hydrogen-bond acceptors (Lipinski definition) is 4. The van der Waals surface area contributed by atoms with Crippen LogP contribution in [-0.4, -0.2) is 71.4 Å². The summed E-state index contributed by atoms with van der Waals surface area (Å²) in [6.07, 6.45) is 4.59. The van der Waals surface area contributed by atoms with Gasteiger partial charge in [-0.2, -0.15) is 0 Å². The predicted molar refractivity (Wildman–Crippen MR) is 88.6 cm³/mol. The number of nitrogens with one attached hydrogen (secondary N) is 1. The molecule has 2 N–H and O–H groups in total. The second-order valence-electron chi connectivity index (χ2n) is 7.96. The minimum absolute atomic E-state index is 0.0121. The molecular formula is C17H35N3O. The fourth-order valence-corrected chi connectivity index (χ4v) is 3.92. The van der Waals surface area contributed by atoms with E-state index < -0.39 is 0 Å². The van der Waals surface area contributed by atoms with Crippen LogP contribution in [0.4, 0.5) is 0 Å². The van der Waals surface area contributed by atoms with Gasteiger partial charge in [-0.25, -0.2) is 0 Å². The van der Waals surface area contributed by atoms with Crippen molar-refractivity contribution in [3.63, 3.8) is 0 Å². The van der Waals surface area contributed by atoms with Crippen molar-refractivity contribution < 1.29 is 5.11 Å².